The van der Waals surface area contributed by atoms with Gasteiger partial charge in [0.25, 0.3) is 0 Å². The molecule has 2 aromatic rings. The van der Waals surface area contributed by atoms with Crippen LogP contribution in [0.1, 0.15) is 5.76 Å². The van der Waals surface area contributed by atoms with E-state index in [2.05, 4.69) is 25.1 Å². The Morgan fingerprint density at radius 2 is 2.12 bits per heavy atom. The summed E-state index contributed by atoms with van der Waals surface area (Å²) in [6.07, 6.45) is 6.02. The Hall–Kier alpha value is -1.48. The number of nitrogens with one attached hydrogen (secondary N) is 1. The standard InChI is InChI=1S/C17H22ClN5O.HI/c1-19-17(21-7-4-14-3-2-12-24-14)23-10-8-22(9-11-23)16-5-6-20-13-15(16)18;/h2-3,5-6,12-13H,4,7-11H2,1H3,(H,19,21);1H. The first kappa shape index (κ1) is 19.8. The van der Waals surface area contributed by atoms with Gasteiger partial charge in [0.1, 0.15) is 5.76 Å². The lowest BCUT2D eigenvalue weighted by Crippen LogP contribution is -2.52. The zero-order valence-electron chi connectivity index (χ0n) is 14.2. The van der Waals surface area contributed by atoms with Gasteiger partial charge in [-0.25, -0.2) is 0 Å². The number of furan rings is 1. The molecule has 1 aliphatic rings. The van der Waals surface area contributed by atoms with Gasteiger partial charge in [-0.05, 0) is 18.2 Å². The van der Waals surface area contributed by atoms with Gasteiger partial charge in [0.15, 0.2) is 5.96 Å². The van der Waals surface area contributed by atoms with Gasteiger partial charge < -0.3 is 19.5 Å². The van der Waals surface area contributed by atoms with Crippen LogP contribution in [0.15, 0.2) is 46.3 Å². The van der Waals surface area contributed by atoms with Crippen LogP contribution in [0.4, 0.5) is 5.69 Å². The molecule has 0 atom stereocenters. The third kappa shape index (κ3) is 5.24. The Balaban J connectivity index is 0.00000225. The van der Waals surface area contributed by atoms with Crippen LogP contribution in [0, 0.1) is 0 Å². The average molecular weight is 476 g/mol. The summed E-state index contributed by atoms with van der Waals surface area (Å²) in [5.41, 5.74) is 1.05. The highest BCUT2D eigenvalue weighted by molar-refractivity contribution is 14.0. The van der Waals surface area contributed by atoms with Crippen LogP contribution >= 0.6 is 35.6 Å². The van der Waals surface area contributed by atoms with Crippen molar-refractivity contribution in [1.29, 1.82) is 0 Å². The third-order valence-corrected chi connectivity index (χ3v) is 4.41. The van der Waals surface area contributed by atoms with Crippen molar-refractivity contribution in [3.63, 3.8) is 0 Å². The summed E-state index contributed by atoms with van der Waals surface area (Å²) in [4.78, 5) is 13.0. The minimum atomic E-state index is 0. The number of aromatic nitrogens is 1. The molecule has 0 aromatic carbocycles. The van der Waals surface area contributed by atoms with Gasteiger partial charge in [0.2, 0.25) is 0 Å². The van der Waals surface area contributed by atoms with Crippen molar-refractivity contribution >= 4 is 47.2 Å². The number of halogens is 2. The Morgan fingerprint density at radius 1 is 1.32 bits per heavy atom. The predicted octanol–water partition coefficient (Wildman–Crippen LogP) is 2.89. The molecule has 1 aliphatic heterocycles. The number of nitrogens with zero attached hydrogens (tertiary/aromatic N) is 4. The molecule has 1 fully saturated rings. The van der Waals surface area contributed by atoms with Crippen molar-refractivity contribution < 1.29 is 4.42 Å². The lowest BCUT2D eigenvalue weighted by Gasteiger charge is -2.37. The first-order valence-corrected chi connectivity index (χ1v) is 8.48. The van der Waals surface area contributed by atoms with Gasteiger partial charge >= 0.3 is 0 Å². The molecule has 1 saturated heterocycles. The molecule has 0 amide bonds. The van der Waals surface area contributed by atoms with Crippen LogP contribution in [-0.2, 0) is 6.42 Å². The highest BCUT2D eigenvalue weighted by Gasteiger charge is 2.21. The van der Waals surface area contributed by atoms with E-state index in [-0.39, 0.29) is 24.0 Å². The van der Waals surface area contributed by atoms with Crippen LogP contribution < -0.4 is 10.2 Å². The van der Waals surface area contributed by atoms with Crippen LogP contribution in [0.25, 0.3) is 0 Å². The summed E-state index contributed by atoms with van der Waals surface area (Å²) in [7, 11) is 1.82. The number of aliphatic imine (C=N–C) groups is 1. The highest BCUT2D eigenvalue weighted by atomic mass is 127. The first-order chi connectivity index (χ1) is 11.8. The second kappa shape index (κ2) is 9.86. The fourth-order valence-corrected chi connectivity index (χ4v) is 3.11. The molecule has 0 spiro atoms. The maximum Gasteiger partial charge on any atom is 0.193 e. The van der Waals surface area contributed by atoms with E-state index in [4.69, 9.17) is 16.0 Å². The molecule has 0 bridgehead atoms. The molecule has 8 heteroatoms. The van der Waals surface area contributed by atoms with Gasteiger partial charge in [-0.3, -0.25) is 9.98 Å². The van der Waals surface area contributed by atoms with Crippen molar-refractivity contribution in [2.75, 3.05) is 44.7 Å². The number of hydrogen-bond acceptors (Lipinski definition) is 4. The van der Waals surface area contributed by atoms with Crippen molar-refractivity contribution in [3.8, 4) is 0 Å². The number of anilines is 1. The molecular weight excluding hydrogens is 453 g/mol. The number of piperazine rings is 1. The highest BCUT2D eigenvalue weighted by Crippen LogP contribution is 2.25. The van der Waals surface area contributed by atoms with Gasteiger partial charge in [0, 0.05) is 58.6 Å². The minimum absolute atomic E-state index is 0. The van der Waals surface area contributed by atoms with Gasteiger partial charge in [-0.15, -0.1) is 24.0 Å². The Bertz CT molecular complexity index is 671. The van der Waals surface area contributed by atoms with Crippen LogP contribution in [0.5, 0.6) is 0 Å². The molecule has 3 rings (SSSR count). The van der Waals surface area contributed by atoms with Crippen molar-refractivity contribution in [2.45, 2.75) is 6.42 Å². The minimum Gasteiger partial charge on any atom is -0.469 e. The molecule has 136 valence electrons. The Morgan fingerprint density at radius 3 is 2.76 bits per heavy atom. The van der Waals surface area contributed by atoms with E-state index < -0.39 is 0 Å². The van der Waals surface area contributed by atoms with Crippen LogP contribution in [-0.4, -0.2) is 55.6 Å². The Labute approximate surface area is 170 Å². The summed E-state index contributed by atoms with van der Waals surface area (Å²) in [6.45, 7) is 4.42. The van der Waals surface area contributed by atoms with E-state index in [1.165, 1.54) is 0 Å². The molecule has 3 heterocycles. The van der Waals surface area contributed by atoms with E-state index in [0.717, 1.165) is 56.6 Å². The third-order valence-electron chi connectivity index (χ3n) is 4.12. The SMILES string of the molecule is CN=C(NCCc1ccco1)N1CCN(c2ccncc2Cl)CC1.I. The molecular formula is C17H23ClIN5O. The van der Waals surface area contributed by atoms with Crippen LogP contribution in [0.3, 0.4) is 0 Å². The number of rotatable bonds is 4. The largest absolute Gasteiger partial charge is 0.469 e. The average Bonchev–Trinajstić information content (AvgIpc) is 3.13. The lowest BCUT2D eigenvalue weighted by atomic mass is 10.2. The summed E-state index contributed by atoms with van der Waals surface area (Å²) >= 11 is 6.24. The summed E-state index contributed by atoms with van der Waals surface area (Å²) < 4.78 is 5.35. The van der Waals surface area contributed by atoms with E-state index >= 15 is 0 Å². The van der Waals surface area contributed by atoms with Crippen molar-refractivity contribution in [2.24, 2.45) is 4.99 Å². The number of pyridine rings is 1. The van der Waals surface area contributed by atoms with Gasteiger partial charge in [-0.1, -0.05) is 11.6 Å². The fourth-order valence-electron chi connectivity index (χ4n) is 2.87. The summed E-state index contributed by atoms with van der Waals surface area (Å²) in [6, 6.07) is 5.86. The number of guanidine groups is 1. The molecule has 0 radical (unpaired) electrons. The zero-order valence-corrected chi connectivity index (χ0v) is 17.3. The van der Waals surface area contributed by atoms with E-state index in [1.807, 2.05) is 25.2 Å². The molecule has 6 nitrogen and oxygen atoms in total. The summed E-state index contributed by atoms with van der Waals surface area (Å²) in [5, 5.41) is 4.11. The second-order valence-electron chi connectivity index (χ2n) is 5.60. The molecule has 25 heavy (non-hydrogen) atoms. The monoisotopic (exact) mass is 475 g/mol. The quantitative estimate of drug-likeness (QED) is 0.419. The van der Waals surface area contributed by atoms with Gasteiger partial charge in [0.05, 0.1) is 17.0 Å². The molecule has 0 unspecified atom stereocenters. The topological polar surface area (TPSA) is 56.9 Å². The first-order valence-electron chi connectivity index (χ1n) is 8.10. The van der Waals surface area contributed by atoms with Crippen molar-refractivity contribution in [1.82, 2.24) is 15.2 Å². The van der Waals surface area contributed by atoms with Gasteiger partial charge in [-0.2, -0.15) is 0 Å². The summed E-state index contributed by atoms with van der Waals surface area (Å²) in [5.74, 6) is 1.91. The smallest absolute Gasteiger partial charge is 0.193 e. The second-order valence-corrected chi connectivity index (χ2v) is 6.01. The lowest BCUT2D eigenvalue weighted by molar-refractivity contribution is 0.372. The fraction of sp³-hybridized carbons (Fsp3) is 0.412. The molecule has 1 N–H and O–H groups in total. The van der Waals surface area contributed by atoms with E-state index in [1.54, 1.807) is 18.7 Å². The maximum absolute atomic E-state index is 6.24. The normalized spacial score (nSPS) is 15.0. The zero-order chi connectivity index (χ0) is 16.8. The predicted molar refractivity (Wildman–Crippen MR) is 112 cm³/mol. The maximum atomic E-state index is 6.24. The number of hydrogen-bond donors (Lipinski definition) is 1. The molecule has 0 aliphatic carbocycles. The molecule has 0 saturated carbocycles. The van der Waals surface area contributed by atoms with Crippen molar-refractivity contribution in [3.05, 3.63) is 47.6 Å². The Kier molecular flexibility index (Phi) is 7.83. The van der Waals surface area contributed by atoms with Crippen LogP contribution in [0.2, 0.25) is 5.02 Å². The van der Waals surface area contributed by atoms with E-state index in [0.29, 0.717) is 5.02 Å². The molecule has 2 aromatic heterocycles. The van der Waals surface area contributed by atoms with E-state index in [9.17, 15) is 0 Å².